The summed E-state index contributed by atoms with van der Waals surface area (Å²) in [6.07, 6.45) is 4.89. The molecule has 9 nitrogen and oxygen atoms in total. The molecule has 0 aliphatic carbocycles. The second kappa shape index (κ2) is 14.5. The van der Waals surface area contributed by atoms with Crippen molar-refractivity contribution in [3.63, 3.8) is 0 Å². The van der Waals surface area contributed by atoms with Crippen LogP contribution in [0.5, 0.6) is 5.75 Å². The van der Waals surface area contributed by atoms with Crippen LogP contribution in [0.4, 0.5) is 5.69 Å². The van der Waals surface area contributed by atoms with E-state index in [9.17, 15) is 25.9 Å². The Morgan fingerprint density at radius 1 is 0.778 bits per heavy atom. The first kappa shape index (κ1) is 36.4. The summed E-state index contributed by atoms with van der Waals surface area (Å²) < 4.78 is 80.4. The third-order valence-electron chi connectivity index (χ3n) is 9.63. The van der Waals surface area contributed by atoms with Gasteiger partial charge < -0.3 is 18.7 Å². The van der Waals surface area contributed by atoms with Gasteiger partial charge in [0, 0.05) is 57.7 Å². The SMILES string of the molecule is CCC(/C=C1\Oc2ccc3c(ccc4ccccc43)c2N1CCCS(=O)(=O)[O-])=C\c1sc2ccc(-c3cc4ccccc4s3)cc2[n+]1CCCS(=O)(=O)[O-]. The molecule has 0 spiro atoms. The number of aryl methyl sites for hydroxylation is 1. The van der Waals surface area contributed by atoms with Crippen LogP contribution in [-0.2, 0) is 26.8 Å². The number of thiazole rings is 1. The first-order chi connectivity index (χ1) is 25.9. The standard InChI is InChI=1S/C41H36N2O7S4/c1-2-27(23-39-43(20-8-22-54(47,48)49)41-33-15-13-28-9-3-5-11-31(28)32(33)16-17-35(41)50-39)24-40-42(19-7-21-53(44,45)46)34-25-30(14-18-37(34)52-40)38-26-29-10-4-6-12-36(29)51-38/h3-6,9-18,23-26H,2,7-8,19-22H2,1H3,(H-,44,45,46,47,48,49)/p-1. The third kappa shape index (κ3) is 7.52. The average molecular weight is 796 g/mol. The summed E-state index contributed by atoms with van der Waals surface area (Å²) in [6.45, 7) is 2.60. The minimum absolute atomic E-state index is 0.113. The van der Waals surface area contributed by atoms with Gasteiger partial charge in [-0.05, 0) is 75.9 Å². The van der Waals surface area contributed by atoms with Crippen LogP contribution >= 0.6 is 22.7 Å². The molecular weight excluding hydrogens is 761 g/mol. The maximum absolute atomic E-state index is 11.6. The molecule has 0 amide bonds. The lowest BCUT2D eigenvalue weighted by molar-refractivity contribution is -0.668. The Balaban J connectivity index is 1.21. The monoisotopic (exact) mass is 795 g/mol. The van der Waals surface area contributed by atoms with Gasteiger partial charge in [0.2, 0.25) is 11.4 Å². The molecule has 1 aliphatic heterocycles. The molecule has 276 valence electrons. The van der Waals surface area contributed by atoms with Crippen molar-refractivity contribution in [2.45, 2.75) is 32.7 Å². The fourth-order valence-electron chi connectivity index (χ4n) is 7.10. The highest BCUT2D eigenvalue weighted by molar-refractivity contribution is 7.85. The number of allylic oxidation sites excluding steroid dienone is 2. The van der Waals surface area contributed by atoms with E-state index in [4.69, 9.17) is 4.74 Å². The number of nitrogens with zero attached hydrogens (tertiary/aromatic N) is 2. The molecule has 2 aromatic heterocycles. The zero-order chi connectivity index (χ0) is 37.6. The third-order valence-corrected chi connectivity index (χ3v) is 13.5. The van der Waals surface area contributed by atoms with Gasteiger partial charge in [-0.15, -0.1) is 11.3 Å². The molecule has 0 N–H and O–H groups in total. The molecule has 0 fully saturated rings. The van der Waals surface area contributed by atoms with Gasteiger partial charge in [-0.1, -0.05) is 78.9 Å². The summed E-state index contributed by atoms with van der Waals surface area (Å²) in [5.41, 5.74) is 3.72. The predicted molar refractivity (Wildman–Crippen MR) is 217 cm³/mol. The van der Waals surface area contributed by atoms with E-state index in [1.54, 1.807) is 22.7 Å². The molecule has 3 heterocycles. The van der Waals surface area contributed by atoms with Gasteiger partial charge in [0.25, 0.3) is 5.01 Å². The number of hydrogen-bond acceptors (Lipinski definition) is 10. The van der Waals surface area contributed by atoms with Gasteiger partial charge >= 0.3 is 0 Å². The molecule has 0 unspecified atom stereocenters. The van der Waals surface area contributed by atoms with E-state index in [0.717, 1.165) is 58.5 Å². The van der Waals surface area contributed by atoms with E-state index in [-0.39, 0.29) is 19.4 Å². The second-order valence-corrected chi connectivity index (χ2v) is 18.5. The van der Waals surface area contributed by atoms with Gasteiger partial charge in [0.1, 0.15) is 4.70 Å². The van der Waals surface area contributed by atoms with Crippen LogP contribution in [0.15, 0.2) is 115 Å². The van der Waals surface area contributed by atoms with Crippen LogP contribution < -0.4 is 14.2 Å². The number of benzene rings is 5. The van der Waals surface area contributed by atoms with E-state index in [1.807, 2.05) is 60.4 Å². The first-order valence-corrected chi connectivity index (χ1v) is 22.4. The average Bonchev–Trinajstić information content (AvgIpc) is 3.83. The zero-order valence-electron chi connectivity index (χ0n) is 29.2. The number of ether oxygens (including phenoxy) is 1. The Hall–Kier alpha value is -4.63. The molecule has 8 rings (SSSR count). The van der Waals surface area contributed by atoms with E-state index in [1.165, 1.54) is 10.1 Å². The summed E-state index contributed by atoms with van der Waals surface area (Å²) in [7, 11) is -8.81. The highest BCUT2D eigenvalue weighted by atomic mass is 32.2. The largest absolute Gasteiger partial charge is 0.748 e. The molecule has 0 radical (unpaired) electrons. The number of anilines is 1. The van der Waals surface area contributed by atoms with Crippen LogP contribution in [0.2, 0.25) is 0 Å². The van der Waals surface area contributed by atoms with Crippen molar-refractivity contribution >= 4 is 96.5 Å². The lowest BCUT2D eigenvalue weighted by Crippen LogP contribution is -2.36. The highest BCUT2D eigenvalue weighted by Gasteiger charge is 2.29. The number of rotatable bonds is 12. The molecular formula is C41H35N2O7S4-. The molecule has 0 atom stereocenters. The molecule has 0 saturated heterocycles. The fraction of sp³-hybridized carbons (Fsp3) is 0.195. The molecule has 54 heavy (non-hydrogen) atoms. The van der Waals surface area contributed by atoms with Crippen molar-refractivity contribution in [1.82, 2.24) is 0 Å². The van der Waals surface area contributed by atoms with Gasteiger partial charge in [0.05, 0.1) is 25.9 Å². The van der Waals surface area contributed by atoms with Crippen LogP contribution in [0.25, 0.3) is 58.4 Å². The van der Waals surface area contributed by atoms with E-state index < -0.39 is 31.7 Å². The Labute approximate surface area is 321 Å². The first-order valence-electron chi connectivity index (χ1n) is 17.6. The quantitative estimate of drug-likeness (QED) is 0.0682. The summed E-state index contributed by atoms with van der Waals surface area (Å²) >= 11 is 3.29. The van der Waals surface area contributed by atoms with Gasteiger partial charge in [-0.25, -0.2) is 16.8 Å². The van der Waals surface area contributed by atoms with E-state index in [2.05, 4.69) is 65.2 Å². The van der Waals surface area contributed by atoms with Gasteiger partial charge in [-0.3, -0.25) is 0 Å². The summed E-state index contributed by atoms with van der Waals surface area (Å²) in [5.74, 6) is 0.179. The zero-order valence-corrected chi connectivity index (χ0v) is 32.5. The van der Waals surface area contributed by atoms with Crippen molar-refractivity contribution in [2.24, 2.45) is 0 Å². The highest BCUT2D eigenvalue weighted by Crippen LogP contribution is 2.46. The van der Waals surface area contributed by atoms with Crippen LogP contribution in [0.3, 0.4) is 0 Å². The van der Waals surface area contributed by atoms with E-state index in [0.29, 0.717) is 24.6 Å². The lowest BCUT2D eigenvalue weighted by atomic mass is 10.00. The Kier molecular flexibility index (Phi) is 9.79. The lowest BCUT2D eigenvalue weighted by Gasteiger charge is -2.21. The van der Waals surface area contributed by atoms with Crippen LogP contribution in [0.1, 0.15) is 31.2 Å². The van der Waals surface area contributed by atoms with Crippen molar-refractivity contribution in [2.75, 3.05) is 23.0 Å². The molecule has 5 aromatic carbocycles. The van der Waals surface area contributed by atoms with Crippen molar-refractivity contribution in [3.05, 3.63) is 120 Å². The second-order valence-electron chi connectivity index (χ2n) is 13.3. The van der Waals surface area contributed by atoms with Crippen molar-refractivity contribution < 1.29 is 35.2 Å². The molecule has 13 heteroatoms. The minimum Gasteiger partial charge on any atom is -0.748 e. The summed E-state index contributed by atoms with van der Waals surface area (Å²) in [5, 5.41) is 6.22. The number of aromatic nitrogens is 1. The number of hydrogen-bond donors (Lipinski definition) is 0. The Morgan fingerprint density at radius 3 is 2.30 bits per heavy atom. The maximum Gasteiger partial charge on any atom is 0.263 e. The smallest absolute Gasteiger partial charge is 0.263 e. The molecule has 0 saturated carbocycles. The molecule has 1 aliphatic rings. The number of fused-ring (bicyclic) bond motifs is 7. The van der Waals surface area contributed by atoms with Crippen molar-refractivity contribution in [1.29, 1.82) is 0 Å². The van der Waals surface area contributed by atoms with E-state index >= 15 is 0 Å². The van der Waals surface area contributed by atoms with Gasteiger partial charge in [0.15, 0.2) is 12.3 Å². The predicted octanol–water partition coefficient (Wildman–Crippen LogP) is 8.78. The minimum atomic E-state index is -4.42. The number of thiophene rings is 1. The topological polar surface area (TPSA) is 131 Å². The fourth-order valence-corrected chi connectivity index (χ4v) is 10.3. The van der Waals surface area contributed by atoms with Crippen LogP contribution in [0, 0.1) is 0 Å². The summed E-state index contributed by atoms with van der Waals surface area (Å²) in [4.78, 5) is 3.08. The van der Waals surface area contributed by atoms with Crippen LogP contribution in [-0.4, -0.2) is 44.0 Å². The summed E-state index contributed by atoms with van der Waals surface area (Å²) in [6, 6.07) is 32.9. The Bertz CT molecular complexity index is 2840. The maximum atomic E-state index is 11.6. The Morgan fingerprint density at radius 2 is 1.52 bits per heavy atom. The molecule has 0 bridgehead atoms. The molecule has 7 aromatic rings. The normalized spacial score (nSPS) is 14.5. The van der Waals surface area contributed by atoms with Gasteiger partial charge in [-0.2, -0.15) is 4.57 Å². The van der Waals surface area contributed by atoms with Crippen molar-refractivity contribution in [3.8, 4) is 16.2 Å².